The normalized spacial score (nSPS) is 11.0. The molecule has 5 nitrogen and oxygen atoms in total. The number of amides is 1. The summed E-state index contributed by atoms with van der Waals surface area (Å²) >= 11 is 3.01. The van der Waals surface area contributed by atoms with E-state index in [2.05, 4.69) is 10.3 Å². The average Bonchev–Trinajstić information content (AvgIpc) is 3.35. The molecule has 1 N–H and O–H groups in total. The van der Waals surface area contributed by atoms with Crippen molar-refractivity contribution in [2.75, 3.05) is 12.4 Å². The molecule has 1 amide bonds. The van der Waals surface area contributed by atoms with Gasteiger partial charge in [0.2, 0.25) is 0 Å². The Kier molecular flexibility index (Phi) is 4.03. The Morgan fingerprint density at radius 1 is 1.28 bits per heavy atom. The minimum Gasteiger partial charge on any atom is -0.497 e. The predicted octanol–water partition coefficient (Wildman–Crippen LogP) is 5.19. The quantitative estimate of drug-likeness (QED) is 0.537. The van der Waals surface area contributed by atoms with E-state index in [1.807, 2.05) is 35.9 Å². The van der Waals surface area contributed by atoms with E-state index in [1.165, 1.54) is 11.3 Å². The van der Waals surface area contributed by atoms with Gasteiger partial charge < -0.3 is 9.15 Å². The lowest BCUT2D eigenvalue weighted by Crippen LogP contribution is -2.11. The summed E-state index contributed by atoms with van der Waals surface area (Å²) in [7, 11) is 1.61. The molecule has 0 saturated carbocycles. The zero-order chi connectivity index (χ0) is 17.4. The summed E-state index contributed by atoms with van der Waals surface area (Å²) in [6.45, 7) is 1.86. The molecule has 126 valence electrons. The number of methoxy groups -OCH3 is 1. The van der Waals surface area contributed by atoms with Crippen molar-refractivity contribution in [1.29, 1.82) is 0 Å². The SMILES string of the molecule is COc1ccc2oc(C(=O)Nc3nc(-c4cccs4)cs3)c(C)c2c1. The maximum absolute atomic E-state index is 12.6. The van der Waals surface area contributed by atoms with E-state index < -0.39 is 0 Å². The van der Waals surface area contributed by atoms with Gasteiger partial charge in [0.15, 0.2) is 10.9 Å². The standard InChI is InChI=1S/C18H14N2O3S2/c1-10-12-8-11(22-2)5-6-14(12)23-16(10)17(21)20-18-19-13(9-25-18)15-4-3-7-24-15/h3-9H,1-2H3,(H,19,20,21). The second kappa shape index (κ2) is 6.34. The fourth-order valence-electron chi connectivity index (χ4n) is 2.57. The number of carbonyl (C=O) groups excluding carboxylic acids is 1. The van der Waals surface area contributed by atoms with Crippen LogP contribution in [0, 0.1) is 6.92 Å². The number of aromatic nitrogens is 1. The summed E-state index contributed by atoms with van der Waals surface area (Å²) < 4.78 is 11.0. The first-order valence-corrected chi connectivity index (χ1v) is 9.29. The molecule has 0 radical (unpaired) electrons. The van der Waals surface area contributed by atoms with Crippen molar-refractivity contribution >= 4 is 44.7 Å². The number of fused-ring (bicyclic) bond motifs is 1. The maximum Gasteiger partial charge on any atom is 0.293 e. The van der Waals surface area contributed by atoms with E-state index in [-0.39, 0.29) is 11.7 Å². The molecule has 4 aromatic rings. The number of thiazole rings is 1. The summed E-state index contributed by atoms with van der Waals surface area (Å²) in [5, 5.41) is 8.16. The molecule has 3 aromatic heterocycles. The molecule has 0 atom stereocenters. The molecule has 7 heteroatoms. The number of furan rings is 1. The lowest BCUT2D eigenvalue weighted by atomic mass is 10.1. The lowest BCUT2D eigenvalue weighted by molar-refractivity contribution is 0.0998. The number of hydrogen-bond donors (Lipinski definition) is 1. The van der Waals surface area contributed by atoms with E-state index in [4.69, 9.17) is 9.15 Å². The highest BCUT2D eigenvalue weighted by Crippen LogP contribution is 2.31. The van der Waals surface area contributed by atoms with Gasteiger partial charge in [-0.3, -0.25) is 10.1 Å². The van der Waals surface area contributed by atoms with Gasteiger partial charge in [-0.1, -0.05) is 6.07 Å². The number of nitrogens with one attached hydrogen (secondary N) is 1. The summed E-state index contributed by atoms with van der Waals surface area (Å²) in [5.41, 5.74) is 2.30. The number of aryl methyl sites for hydroxylation is 1. The second-order valence-corrected chi connectivity index (χ2v) is 7.19. The van der Waals surface area contributed by atoms with Crippen LogP contribution in [0.1, 0.15) is 16.1 Å². The third-order valence-corrected chi connectivity index (χ3v) is 5.50. The number of carbonyl (C=O) groups is 1. The molecule has 25 heavy (non-hydrogen) atoms. The van der Waals surface area contributed by atoms with E-state index in [1.54, 1.807) is 30.6 Å². The summed E-state index contributed by atoms with van der Waals surface area (Å²) in [5.74, 6) is 0.708. The topological polar surface area (TPSA) is 64.4 Å². The second-order valence-electron chi connectivity index (χ2n) is 5.39. The van der Waals surface area contributed by atoms with Crippen molar-refractivity contribution < 1.29 is 13.9 Å². The molecule has 0 aliphatic heterocycles. The maximum atomic E-state index is 12.6. The first-order chi connectivity index (χ1) is 12.2. The number of nitrogens with zero attached hydrogens (tertiary/aromatic N) is 1. The van der Waals surface area contributed by atoms with Crippen molar-refractivity contribution in [3.05, 3.63) is 52.4 Å². The van der Waals surface area contributed by atoms with Crippen molar-refractivity contribution in [2.24, 2.45) is 0 Å². The molecule has 1 aromatic carbocycles. The Hall–Kier alpha value is -2.64. The number of rotatable bonds is 4. The van der Waals surface area contributed by atoms with Crippen LogP contribution >= 0.6 is 22.7 Å². The van der Waals surface area contributed by atoms with Crippen LogP contribution in [0.15, 0.2) is 45.5 Å². The van der Waals surface area contributed by atoms with Crippen molar-refractivity contribution in [3.63, 3.8) is 0 Å². The zero-order valence-electron chi connectivity index (χ0n) is 13.5. The first kappa shape index (κ1) is 15.9. The van der Waals surface area contributed by atoms with Crippen molar-refractivity contribution in [1.82, 2.24) is 4.98 Å². The van der Waals surface area contributed by atoms with Crippen LogP contribution in [0.2, 0.25) is 0 Å². The van der Waals surface area contributed by atoms with E-state index in [0.29, 0.717) is 10.7 Å². The summed E-state index contributed by atoms with van der Waals surface area (Å²) in [4.78, 5) is 18.1. The van der Waals surface area contributed by atoms with Gasteiger partial charge in [0.05, 0.1) is 17.7 Å². The van der Waals surface area contributed by atoms with Crippen LogP contribution < -0.4 is 10.1 Å². The number of benzene rings is 1. The number of ether oxygens (including phenoxy) is 1. The molecular weight excluding hydrogens is 356 g/mol. The Morgan fingerprint density at radius 3 is 2.92 bits per heavy atom. The van der Waals surface area contributed by atoms with Gasteiger partial charge in [0, 0.05) is 16.3 Å². The molecular formula is C18H14N2O3S2. The van der Waals surface area contributed by atoms with Gasteiger partial charge in [-0.15, -0.1) is 22.7 Å². The summed E-state index contributed by atoms with van der Waals surface area (Å²) in [6, 6.07) is 9.45. The van der Waals surface area contributed by atoms with E-state index >= 15 is 0 Å². The Labute approximate surface area is 151 Å². The van der Waals surface area contributed by atoms with Crippen molar-refractivity contribution in [3.8, 4) is 16.3 Å². The molecule has 3 heterocycles. The van der Waals surface area contributed by atoms with Gasteiger partial charge in [-0.2, -0.15) is 0 Å². The third kappa shape index (κ3) is 2.92. The Morgan fingerprint density at radius 2 is 2.16 bits per heavy atom. The van der Waals surface area contributed by atoms with Crippen LogP contribution in [-0.2, 0) is 0 Å². The molecule has 0 bridgehead atoms. The number of anilines is 1. The minimum absolute atomic E-state index is 0.288. The minimum atomic E-state index is -0.306. The van der Waals surface area contributed by atoms with E-state index in [9.17, 15) is 4.79 Å². The van der Waals surface area contributed by atoms with Crippen LogP contribution in [-0.4, -0.2) is 18.0 Å². The molecule has 4 rings (SSSR count). The predicted molar refractivity (Wildman–Crippen MR) is 101 cm³/mol. The molecule has 0 fully saturated rings. The zero-order valence-corrected chi connectivity index (χ0v) is 15.2. The largest absolute Gasteiger partial charge is 0.497 e. The molecule has 0 unspecified atom stereocenters. The van der Waals surface area contributed by atoms with Crippen LogP contribution in [0.5, 0.6) is 5.75 Å². The van der Waals surface area contributed by atoms with Crippen LogP contribution in [0.3, 0.4) is 0 Å². The van der Waals surface area contributed by atoms with E-state index in [0.717, 1.165) is 27.3 Å². The number of hydrogen-bond acceptors (Lipinski definition) is 6. The number of thiophene rings is 1. The third-order valence-electron chi connectivity index (χ3n) is 3.85. The fraction of sp³-hybridized carbons (Fsp3) is 0.111. The summed E-state index contributed by atoms with van der Waals surface area (Å²) in [6.07, 6.45) is 0. The molecule has 0 aliphatic carbocycles. The van der Waals surface area contributed by atoms with Gasteiger partial charge >= 0.3 is 0 Å². The van der Waals surface area contributed by atoms with Gasteiger partial charge in [-0.25, -0.2) is 4.98 Å². The monoisotopic (exact) mass is 370 g/mol. The van der Waals surface area contributed by atoms with Crippen LogP contribution in [0.4, 0.5) is 5.13 Å². The fourth-order valence-corrected chi connectivity index (χ4v) is 4.03. The first-order valence-electron chi connectivity index (χ1n) is 7.53. The lowest BCUT2D eigenvalue weighted by Gasteiger charge is -1.99. The highest BCUT2D eigenvalue weighted by molar-refractivity contribution is 7.16. The smallest absolute Gasteiger partial charge is 0.293 e. The van der Waals surface area contributed by atoms with Gasteiger partial charge in [0.25, 0.3) is 5.91 Å². The average molecular weight is 370 g/mol. The molecule has 0 saturated heterocycles. The highest BCUT2D eigenvalue weighted by atomic mass is 32.1. The highest BCUT2D eigenvalue weighted by Gasteiger charge is 2.19. The Balaban J connectivity index is 1.61. The Bertz CT molecular complexity index is 1050. The molecule has 0 spiro atoms. The van der Waals surface area contributed by atoms with Crippen LogP contribution in [0.25, 0.3) is 21.5 Å². The van der Waals surface area contributed by atoms with Crippen molar-refractivity contribution in [2.45, 2.75) is 6.92 Å². The van der Waals surface area contributed by atoms with Gasteiger partial charge in [-0.05, 0) is 36.6 Å². The molecule has 0 aliphatic rings. The van der Waals surface area contributed by atoms with Gasteiger partial charge in [0.1, 0.15) is 11.3 Å².